The number of hydrogen-bond acceptors (Lipinski definition) is 4. The zero-order chi connectivity index (χ0) is 23.8. The van der Waals surface area contributed by atoms with Gasteiger partial charge in [0.1, 0.15) is 5.69 Å². The highest BCUT2D eigenvalue weighted by Crippen LogP contribution is 2.30. The fourth-order valence-corrected chi connectivity index (χ4v) is 5.30. The monoisotopic (exact) mass is 496 g/mol. The Balaban J connectivity index is 1.48. The third kappa shape index (κ3) is 4.59. The van der Waals surface area contributed by atoms with Crippen LogP contribution >= 0.6 is 12.2 Å². The summed E-state index contributed by atoms with van der Waals surface area (Å²) >= 11 is 5.31. The zero-order valence-corrected chi connectivity index (χ0v) is 18.8. The smallest absolute Gasteiger partial charge is 0.336 e. The number of hydrogen-bond donors (Lipinski definition) is 1. The normalized spacial score (nSPS) is 15.5. The minimum Gasteiger partial charge on any atom is -0.336 e. The number of amides is 1. The lowest BCUT2D eigenvalue weighted by Crippen LogP contribution is -2.50. The molecule has 0 spiro atoms. The molecule has 1 fully saturated rings. The highest BCUT2D eigenvalue weighted by Gasteiger charge is 2.33. The highest BCUT2D eigenvalue weighted by molar-refractivity contribution is 7.89. The molecule has 33 heavy (non-hydrogen) atoms. The van der Waals surface area contributed by atoms with Crippen molar-refractivity contribution in [2.75, 3.05) is 26.2 Å². The summed E-state index contributed by atoms with van der Waals surface area (Å²) in [5.74, 6) is -0.308. The van der Waals surface area contributed by atoms with Crippen molar-refractivity contribution in [3.63, 3.8) is 0 Å². The number of carbonyl (C=O) groups is 1. The Morgan fingerprint density at radius 3 is 2.12 bits per heavy atom. The minimum absolute atomic E-state index is 0.0194. The zero-order valence-electron chi connectivity index (χ0n) is 17.1. The Labute approximate surface area is 193 Å². The molecule has 1 aromatic heterocycles. The third-order valence-corrected chi connectivity index (χ3v) is 7.57. The summed E-state index contributed by atoms with van der Waals surface area (Å²) in [6, 6.07) is 12.5. The van der Waals surface area contributed by atoms with E-state index in [1.165, 1.54) is 15.4 Å². The lowest BCUT2D eigenvalue weighted by molar-refractivity contribution is -0.137. The van der Waals surface area contributed by atoms with Gasteiger partial charge in [0, 0.05) is 38.1 Å². The third-order valence-electron chi connectivity index (χ3n) is 5.36. The second-order valence-corrected chi connectivity index (χ2v) is 9.69. The number of imidazole rings is 1. The predicted octanol–water partition coefficient (Wildman–Crippen LogP) is 3.70. The summed E-state index contributed by atoms with van der Waals surface area (Å²) < 4.78 is 67.1. The van der Waals surface area contributed by atoms with Crippen LogP contribution in [0.1, 0.15) is 16.1 Å². The van der Waals surface area contributed by atoms with Crippen LogP contribution in [0.5, 0.6) is 0 Å². The van der Waals surface area contributed by atoms with E-state index in [1.54, 1.807) is 4.57 Å². The lowest BCUT2D eigenvalue weighted by atomic mass is 10.2. The molecule has 4 rings (SSSR count). The van der Waals surface area contributed by atoms with Crippen LogP contribution in [0.15, 0.2) is 65.7 Å². The van der Waals surface area contributed by atoms with Crippen molar-refractivity contribution in [3.8, 4) is 5.69 Å². The molecular weight excluding hydrogens is 477 g/mol. The SMILES string of the molecule is O=C(c1c[nH]c(=S)n1-c1ccccc1)N1CCN(S(=O)(=O)c2ccc(C(F)(F)F)cc2)CC1. The summed E-state index contributed by atoms with van der Waals surface area (Å²) in [5, 5.41) is 0. The van der Waals surface area contributed by atoms with Crippen LogP contribution in [0.3, 0.4) is 0 Å². The molecule has 174 valence electrons. The van der Waals surface area contributed by atoms with Crippen LogP contribution in [-0.2, 0) is 16.2 Å². The average Bonchev–Trinajstić information content (AvgIpc) is 3.20. The molecular formula is C21H19F3N4O3S2. The first kappa shape index (κ1) is 23.2. The number of piperazine rings is 1. The number of aromatic nitrogens is 2. The first-order valence-electron chi connectivity index (χ1n) is 9.91. The molecule has 0 bridgehead atoms. The van der Waals surface area contributed by atoms with Gasteiger partial charge in [0.05, 0.1) is 10.5 Å². The molecule has 0 saturated carbocycles. The van der Waals surface area contributed by atoms with E-state index in [0.717, 1.165) is 30.0 Å². The minimum atomic E-state index is -4.55. The maximum atomic E-state index is 13.1. The van der Waals surface area contributed by atoms with Crippen molar-refractivity contribution in [3.05, 3.63) is 76.8 Å². The van der Waals surface area contributed by atoms with Gasteiger partial charge in [-0.1, -0.05) is 18.2 Å². The second-order valence-electron chi connectivity index (χ2n) is 7.37. The number of para-hydroxylation sites is 1. The van der Waals surface area contributed by atoms with Gasteiger partial charge >= 0.3 is 6.18 Å². The van der Waals surface area contributed by atoms with Gasteiger partial charge in [-0.25, -0.2) is 8.42 Å². The largest absolute Gasteiger partial charge is 0.416 e. The standard InChI is InChI=1S/C21H19F3N4O3S2/c22-21(23,24)15-6-8-17(9-7-15)33(30,31)27-12-10-26(11-13-27)19(29)18-14-25-20(32)28(18)16-4-2-1-3-5-16/h1-9,14H,10-13H2,(H,25,32). The molecule has 2 aromatic carbocycles. The summed E-state index contributed by atoms with van der Waals surface area (Å²) in [4.78, 5) is 17.3. The Bertz CT molecular complexity index is 1310. The van der Waals surface area contributed by atoms with Crippen LogP contribution in [0.2, 0.25) is 0 Å². The van der Waals surface area contributed by atoms with Gasteiger partial charge in [-0.05, 0) is 48.6 Å². The van der Waals surface area contributed by atoms with Crippen molar-refractivity contribution < 1.29 is 26.4 Å². The van der Waals surface area contributed by atoms with E-state index in [1.807, 2.05) is 30.3 Å². The van der Waals surface area contributed by atoms with Crippen molar-refractivity contribution in [2.45, 2.75) is 11.1 Å². The molecule has 0 aliphatic carbocycles. The van der Waals surface area contributed by atoms with E-state index in [0.29, 0.717) is 10.5 Å². The van der Waals surface area contributed by atoms with Crippen LogP contribution < -0.4 is 0 Å². The maximum Gasteiger partial charge on any atom is 0.416 e. The molecule has 1 N–H and O–H groups in total. The molecule has 0 unspecified atom stereocenters. The van der Waals surface area contributed by atoms with Crippen LogP contribution in [0.25, 0.3) is 5.69 Å². The van der Waals surface area contributed by atoms with Crippen LogP contribution in [-0.4, -0.2) is 59.3 Å². The number of rotatable bonds is 4. The molecule has 7 nitrogen and oxygen atoms in total. The number of benzene rings is 2. The number of halogens is 3. The number of alkyl halides is 3. The van der Waals surface area contributed by atoms with Crippen molar-refractivity contribution in [2.24, 2.45) is 0 Å². The quantitative estimate of drug-likeness (QED) is 0.559. The maximum absolute atomic E-state index is 13.1. The molecule has 1 aliphatic rings. The summed E-state index contributed by atoms with van der Waals surface area (Å²) in [7, 11) is -3.99. The molecule has 12 heteroatoms. The fraction of sp³-hybridized carbons (Fsp3) is 0.238. The Morgan fingerprint density at radius 1 is 0.939 bits per heavy atom. The van der Waals surface area contributed by atoms with E-state index in [9.17, 15) is 26.4 Å². The fourth-order valence-electron chi connectivity index (χ4n) is 3.62. The summed E-state index contributed by atoms with van der Waals surface area (Å²) in [5.41, 5.74) is 0.122. The number of aromatic amines is 1. The van der Waals surface area contributed by atoms with E-state index in [-0.39, 0.29) is 37.0 Å². The highest BCUT2D eigenvalue weighted by atomic mass is 32.2. The van der Waals surface area contributed by atoms with Crippen LogP contribution in [0, 0.1) is 4.77 Å². The molecule has 3 aromatic rings. The number of nitrogens with one attached hydrogen (secondary N) is 1. The van der Waals surface area contributed by atoms with E-state index in [2.05, 4.69) is 4.98 Å². The van der Waals surface area contributed by atoms with E-state index in [4.69, 9.17) is 12.2 Å². The van der Waals surface area contributed by atoms with Gasteiger partial charge in [-0.15, -0.1) is 0 Å². The number of carbonyl (C=O) groups excluding carboxylic acids is 1. The molecule has 1 saturated heterocycles. The van der Waals surface area contributed by atoms with E-state index < -0.39 is 21.8 Å². The predicted molar refractivity (Wildman–Crippen MR) is 117 cm³/mol. The average molecular weight is 497 g/mol. The Kier molecular flexibility index (Phi) is 6.16. The van der Waals surface area contributed by atoms with Crippen molar-refractivity contribution in [1.82, 2.24) is 18.8 Å². The van der Waals surface area contributed by atoms with Gasteiger partial charge in [-0.3, -0.25) is 9.36 Å². The molecule has 0 radical (unpaired) electrons. The topological polar surface area (TPSA) is 78.4 Å². The first-order valence-corrected chi connectivity index (χ1v) is 11.8. The summed E-state index contributed by atoms with van der Waals surface area (Å²) in [6.45, 7) is 0.300. The second kappa shape index (κ2) is 8.76. The Morgan fingerprint density at radius 2 is 1.55 bits per heavy atom. The van der Waals surface area contributed by atoms with E-state index >= 15 is 0 Å². The number of sulfonamides is 1. The van der Waals surface area contributed by atoms with Crippen molar-refractivity contribution >= 4 is 28.1 Å². The van der Waals surface area contributed by atoms with Gasteiger partial charge in [0.2, 0.25) is 10.0 Å². The lowest BCUT2D eigenvalue weighted by Gasteiger charge is -2.34. The number of H-pyrrole nitrogens is 1. The Hall–Kier alpha value is -2.96. The van der Waals surface area contributed by atoms with Gasteiger partial charge in [0.25, 0.3) is 5.91 Å². The van der Waals surface area contributed by atoms with Gasteiger partial charge in [-0.2, -0.15) is 17.5 Å². The van der Waals surface area contributed by atoms with Gasteiger partial charge in [0.15, 0.2) is 4.77 Å². The molecule has 2 heterocycles. The molecule has 1 amide bonds. The van der Waals surface area contributed by atoms with Crippen molar-refractivity contribution in [1.29, 1.82) is 0 Å². The summed E-state index contributed by atoms with van der Waals surface area (Å²) in [6.07, 6.45) is -3.03. The van der Waals surface area contributed by atoms with Gasteiger partial charge < -0.3 is 9.88 Å². The number of nitrogens with zero attached hydrogens (tertiary/aromatic N) is 3. The molecule has 1 aliphatic heterocycles. The molecule has 0 atom stereocenters. The first-order chi connectivity index (χ1) is 15.6. The van der Waals surface area contributed by atoms with Crippen LogP contribution in [0.4, 0.5) is 13.2 Å².